The summed E-state index contributed by atoms with van der Waals surface area (Å²) in [5, 5.41) is 12.2. The Balaban J connectivity index is 1.82. The Kier molecular flexibility index (Phi) is 4.39. The highest BCUT2D eigenvalue weighted by Gasteiger charge is 2.02. The first kappa shape index (κ1) is 14.9. The highest BCUT2D eigenvalue weighted by molar-refractivity contribution is 5.95. The molecule has 0 atom stereocenters. The predicted octanol–water partition coefficient (Wildman–Crippen LogP) is 4.97. The van der Waals surface area contributed by atoms with Gasteiger partial charge in [0.25, 0.3) is 0 Å². The maximum atomic E-state index is 10.1. The standard InChI is InChI=1S/C20H17NO2/c1-23-17-11-9-16(10-12-17)21-14-4-7-19-18-6-3-2-5-15(18)8-13-20(19)22/h2-14,22H,1H3/b7-4-,21-14?. The number of aliphatic imine (C=N–C) groups is 1. The van der Waals surface area contributed by atoms with Crippen molar-refractivity contribution in [3.05, 3.63) is 72.3 Å². The van der Waals surface area contributed by atoms with Crippen molar-refractivity contribution in [2.75, 3.05) is 7.11 Å². The summed E-state index contributed by atoms with van der Waals surface area (Å²) in [6.45, 7) is 0. The molecule has 3 nitrogen and oxygen atoms in total. The van der Waals surface area contributed by atoms with Gasteiger partial charge >= 0.3 is 0 Å². The second kappa shape index (κ2) is 6.79. The van der Waals surface area contributed by atoms with Crippen molar-refractivity contribution in [2.45, 2.75) is 0 Å². The van der Waals surface area contributed by atoms with Crippen LogP contribution < -0.4 is 4.74 Å². The maximum Gasteiger partial charge on any atom is 0.123 e. The predicted molar refractivity (Wildman–Crippen MR) is 95.8 cm³/mol. The molecule has 0 heterocycles. The molecule has 114 valence electrons. The molecule has 0 aliphatic rings. The molecule has 3 rings (SSSR count). The number of ether oxygens (including phenoxy) is 1. The van der Waals surface area contributed by atoms with Crippen molar-refractivity contribution in [3.63, 3.8) is 0 Å². The number of hydrogen-bond donors (Lipinski definition) is 1. The Morgan fingerprint density at radius 2 is 1.74 bits per heavy atom. The zero-order chi connectivity index (χ0) is 16.1. The Hall–Kier alpha value is -3.07. The minimum atomic E-state index is 0.262. The van der Waals surface area contributed by atoms with Crippen molar-refractivity contribution < 1.29 is 9.84 Å². The summed E-state index contributed by atoms with van der Waals surface area (Å²) < 4.78 is 5.11. The molecule has 3 heteroatoms. The molecule has 0 amide bonds. The van der Waals surface area contributed by atoms with Gasteiger partial charge in [-0.3, -0.25) is 4.99 Å². The molecule has 0 saturated heterocycles. The van der Waals surface area contributed by atoms with Crippen molar-refractivity contribution in [2.24, 2.45) is 4.99 Å². The molecule has 3 aromatic rings. The average Bonchev–Trinajstić information content (AvgIpc) is 2.60. The van der Waals surface area contributed by atoms with E-state index in [9.17, 15) is 5.11 Å². The molecule has 0 aliphatic heterocycles. The molecule has 0 fully saturated rings. The van der Waals surface area contributed by atoms with Crippen molar-refractivity contribution in [1.82, 2.24) is 0 Å². The summed E-state index contributed by atoms with van der Waals surface area (Å²) in [7, 11) is 1.64. The van der Waals surface area contributed by atoms with E-state index >= 15 is 0 Å². The number of phenolic OH excluding ortho intramolecular Hbond substituents is 1. The van der Waals surface area contributed by atoms with E-state index in [0.29, 0.717) is 0 Å². The summed E-state index contributed by atoms with van der Waals surface area (Å²) in [4.78, 5) is 4.36. The number of phenols is 1. The van der Waals surface area contributed by atoms with E-state index < -0.39 is 0 Å². The first-order valence-electron chi connectivity index (χ1n) is 7.33. The fourth-order valence-corrected chi connectivity index (χ4v) is 2.40. The molecule has 0 bridgehead atoms. The topological polar surface area (TPSA) is 41.8 Å². The van der Waals surface area contributed by atoms with E-state index in [1.807, 2.05) is 66.7 Å². The van der Waals surface area contributed by atoms with Crippen LogP contribution in [0.2, 0.25) is 0 Å². The average molecular weight is 303 g/mol. The van der Waals surface area contributed by atoms with Gasteiger partial charge in [0, 0.05) is 11.8 Å². The van der Waals surface area contributed by atoms with Gasteiger partial charge < -0.3 is 9.84 Å². The Morgan fingerprint density at radius 3 is 2.52 bits per heavy atom. The minimum Gasteiger partial charge on any atom is -0.507 e. The van der Waals surface area contributed by atoms with Crippen molar-refractivity contribution >= 4 is 28.8 Å². The fraction of sp³-hybridized carbons (Fsp3) is 0.0500. The zero-order valence-corrected chi connectivity index (χ0v) is 12.8. The molecule has 0 radical (unpaired) electrons. The van der Waals surface area contributed by atoms with Crippen LogP contribution in [0.5, 0.6) is 11.5 Å². The molecular formula is C20H17NO2. The largest absolute Gasteiger partial charge is 0.507 e. The monoisotopic (exact) mass is 303 g/mol. The van der Waals surface area contributed by atoms with Gasteiger partial charge in [-0.15, -0.1) is 0 Å². The first-order valence-corrected chi connectivity index (χ1v) is 7.33. The number of hydrogen-bond acceptors (Lipinski definition) is 3. The van der Waals surface area contributed by atoms with Gasteiger partial charge in [-0.1, -0.05) is 30.3 Å². The molecule has 1 N–H and O–H groups in total. The number of rotatable bonds is 4. The van der Waals surface area contributed by atoms with Crippen LogP contribution in [0, 0.1) is 0 Å². The fourth-order valence-electron chi connectivity index (χ4n) is 2.40. The van der Waals surface area contributed by atoms with Gasteiger partial charge in [0.1, 0.15) is 11.5 Å². The molecular weight excluding hydrogens is 286 g/mol. The molecule has 0 unspecified atom stereocenters. The first-order chi connectivity index (χ1) is 11.3. The zero-order valence-electron chi connectivity index (χ0n) is 12.8. The number of methoxy groups -OCH3 is 1. The van der Waals surface area contributed by atoms with E-state index in [2.05, 4.69) is 4.99 Å². The summed E-state index contributed by atoms with van der Waals surface area (Å²) in [6, 6.07) is 19.1. The van der Waals surface area contributed by atoms with Crippen LogP contribution in [0.3, 0.4) is 0 Å². The highest BCUT2D eigenvalue weighted by atomic mass is 16.5. The highest BCUT2D eigenvalue weighted by Crippen LogP contribution is 2.28. The molecule has 0 aromatic heterocycles. The van der Waals surface area contributed by atoms with Gasteiger partial charge in [0.2, 0.25) is 0 Å². The number of fused-ring (bicyclic) bond motifs is 1. The van der Waals surface area contributed by atoms with Crippen LogP contribution in [0.15, 0.2) is 71.7 Å². The summed E-state index contributed by atoms with van der Waals surface area (Å²) >= 11 is 0. The lowest BCUT2D eigenvalue weighted by atomic mass is 10.0. The van der Waals surface area contributed by atoms with Gasteiger partial charge in [0.05, 0.1) is 12.8 Å². The third-order valence-electron chi connectivity index (χ3n) is 3.59. The lowest BCUT2D eigenvalue weighted by Crippen LogP contribution is -1.80. The molecule has 0 saturated carbocycles. The molecule has 23 heavy (non-hydrogen) atoms. The van der Waals surface area contributed by atoms with Gasteiger partial charge in [0.15, 0.2) is 0 Å². The quantitative estimate of drug-likeness (QED) is 0.691. The Labute approximate surface area is 135 Å². The number of aromatic hydroxyl groups is 1. The summed E-state index contributed by atoms with van der Waals surface area (Å²) in [5.74, 6) is 1.07. The van der Waals surface area contributed by atoms with E-state index in [-0.39, 0.29) is 5.75 Å². The van der Waals surface area contributed by atoms with Gasteiger partial charge in [-0.25, -0.2) is 0 Å². The molecule has 0 aliphatic carbocycles. The third kappa shape index (κ3) is 3.40. The number of nitrogens with zero attached hydrogens (tertiary/aromatic N) is 1. The Morgan fingerprint density at radius 1 is 0.957 bits per heavy atom. The third-order valence-corrected chi connectivity index (χ3v) is 3.59. The number of allylic oxidation sites excluding steroid dienone is 1. The second-order valence-electron chi connectivity index (χ2n) is 5.05. The maximum absolute atomic E-state index is 10.1. The van der Waals surface area contributed by atoms with Crippen LogP contribution in [0.1, 0.15) is 5.56 Å². The van der Waals surface area contributed by atoms with Gasteiger partial charge in [-0.05, 0) is 53.3 Å². The minimum absolute atomic E-state index is 0.262. The van der Waals surface area contributed by atoms with Crippen LogP contribution in [-0.2, 0) is 0 Å². The molecule has 3 aromatic carbocycles. The van der Waals surface area contributed by atoms with E-state index in [1.165, 1.54) is 0 Å². The Bertz CT molecular complexity index is 864. The van der Waals surface area contributed by atoms with Crippen molar-refractivity contribution in [1.29, 1.82) is 0 Å². The van der Waals surface area contributed by atoms with Crippen LogP contribution in [-0.4, -0.2) is 18.4 Å². The lowest BCUT2D eigenvalue weighted by molar-refractivity contribution is 0.415. The van der Waals surface area contributed by atoms with Crippen LogP contribution in [0.4, 0.5) is 5.69 Å². The smallest absolute Gasteiger partial charge is 0.123 e. The normalized spacial score (nSPS) is 11.5. The van der Waals surface area contributed by atoms with Gasteiger partial charge in [-0.2, -0.15) is 0 Å². The number of benzene rings is 3. The van der Waals surface area contributed by atoms with Crippen LogP contribution in [0.25, 0.3) is 16.8 Å². The van der Waals surface area contributed by atoms with E-state index in [4.69, 9.17) is 4.74 Å². The van der Waals surface area contributed by atoms with E-state index in [1.54, 1.807) is 19.4 Å². The lowest BCUT2D eigenvalue weighted by Gasteiger charge is -2.04. The van der Waals surface area contributed by atoms with E-state index in [0.717, 1.165) is 27.8 Å². The van der Waals surface area contributed by atoms with Crippen molar-refractivity contribution in [3.8, 4) is 11.5 Å². The summed E-state index contributed by atoms with van der Waals surface area (Å²) in [5.41, 5.74) is 1.64. The summed E-state index contributed by atoms with van der Waals surface area (Å²) in [6.07, 6.45) is 5.40. The second-order valence-corrected chi connectivity index (χ2v) is 5.05. The SMILES string of the molecule is COc1ccc(N=C/C=C\c2c(O)ccc3ccccc23)cc1. The molecule has 0 spiro atoms. The van der Waals surface area contributed by atoms with Crippen LogP contribution >= 0.6 is 0 Å².